The summed E-state index contributed by atoms with van der Waals surface area (Å²) in [6.07, 6.45) is 0.859. The van der Waals surface area contributed by atoms with Gasteiger partial charge in [0.25, 0.3) is 0 Å². The summed E-state index contributed by atoms with van der Waals surface area (Å²) in [5.74, 6) is 3.04. The molecule has 11 heavy (non-hydrogen) atoms. The van der Waals surface area contributed by atoms with Gasteiger partial charge in [-0.15, -0.1) is 0 Å². The fourth-order valence-corrected chi connectivity index (χ4v) is 1.23. The lowest BCUT2D eigenvalue weighted by Gasteiger charge is -1.96. The number of halogens is 1. The minimum absolute atomic E-state index is 0.0417. The molecule has 0 spiro atoms. The van der Waals surface area contributed by atoms with Gasteiger partial charge >= 0.3 is 5.97 Å². The van der Waals surface area contributed by atoms with E-state index in [1.54, 1.807) is 0 Å². The Morgan fingerprint density at radius 2 is 2.55 bits per heavy atom. The van der Waals surface area contributed by atoms with Crippen molar-refractivity contribution in [1.82, 2.24) is 0 Å². The van der Waals surface area contributed by atoms with Crippen LogP contribution in [0.25, 0.3) is 0 Å². The normalized spacial score (nSPS) is 26.7. The van der Waals surface area contributed by atoms with Crippen molar-refractivity contribution in [2.75, 3.05) is 6.61 Å². The molecule has 0 aromatic heterocycles. The first kappa shape index (κ1) is 8.61. The van der Waals surface area contributed by atoms with Gasteiger partial charge < -0.3 is 4.74 Å². The fraction of sp³-hybridized carbons (Fsp3) is 0.625. The highest BCUT2D eigenvalue weighted by atomic mass is 79.9. The molecule has 0 unspecified atom stereocenters. The molecule has 1 rings (SSSR count). The standard InChI is InChI=1S/C8H9BrO2/c1-2-11-8(10)7-5-6(7)3-4-9/h6-7H,2,5H2,1H3/t6-,7+/m1/s1. The van der Waals surface area contributed by atoms with Crippen molar-refractivity contribution in [3.05, 3.63) is 0 Å². The molecule has 60 valence electrons. The highest BCUT2D eigenvalue weighted by Gasteiger charge is 2.43. The van der Waals surface area contributed by atoms with Crippen LogP contribution in [0, 0.1) is 22.6 Å². The summed E-state index contributed by atoms with van der Waals surface area (Å²) >= 11 is 2.99. The van der Waals surface area contributed by atoms with E-state index in [9.17, 15) is 4.79 Å². The van der Waals surface area contributed by atoms with E-state index >= 15 is 0 Å². The molecule has 2 nitrogen and oxygen atoms in total. The number of hydrogen-bond acceptors (Lipinski definition) is 2. The van der Waals surface area contributed by atoms with Crippen molar-refractivity contribution in [1.29, 1.82) is 0 Å². The summed E-state index contributed by atoms with van der Waals surface area (Å²) in [5.41, 5.74) is 0. The van der Waals surface area contributed by atoms with Crippen LogP contribution in [0.2, 0.25) is 0 Å². The van der Waals surface area contributed by atoms with Crippen molar-refractivity contribution < 1.29 is 9.53 Å². The van der Waals surface area contributed by atoms with Crippen LogP contribution in [0.5, 0.6) is 0 Å². The summed E-state index contributed by atoms with van der Waals surface area (Å²) in [7, 11) is 0. The van der Waals surface area contributed by atoms with Gasteiger partial charge in [0, 0.05) is 21.8 Å². The topological polar surface area (TPSA) is 26.3 Å². The largest absolute Gasteiger partial charge is 0.466 e. The quantitative estimate of drug-likeness (QED) is 0.518. The van der Waals surface area contributed by atoms with Crippen LogP contribution < -0.4 is 0 Å². The summed E-state index contributed by atoms with van der Waals surface area (Å²) in [5, 5.41) is 0. The lowest BCUT2D eigenvalue weighted by atomic mass is 10.3. The van der Waals surface area contributed by atoms with Gasteiger partial charge in [0.2, 0.25) is 0 Å². The molecule has 1 saturated carbocycles. The Labute approximate surface area is 74.4 Å². The van der Waals surface area contributed by atoms with Gasteiger partial charge in [-0.25, -0.2) is 0 Å². The molecule has 0 amide bonds. The molecular formula is C8H9BrO2. The Morgan fingerprint density at radius 1 is 1.82 bits per heavy atom. The van der Waals surface area contributed by atoms with Crippen molar-refractivity contribution >= 4 is 21.9 Å². The SMILES string of the molecule is CCOC(=O)[C@H]1C[C@H]1C#CBr. The Kier molecular flexibility index (Phi) is 2.95. The molecule has 0 heterocycles. The third-order valence-electron chi connectivity index (χ3n) is 1.62. The Hall–Kier alpha value is -0.490. The Balaban J connectivity index is 2.29. The average molecular weight is 217 g/mol. The summed E-state index contributed by atoms with van der Waals surface area (Å²) in [6.45, 7) is 2.27. The second-order valence-corrected chi connectivity index (χ2v) is 2.84. The number of ether oxygens (including phenoxy) is 1. The minimum Gasteiger partial charge on any atom is -0.466 e. The minimum atomic E-state index is -0.104. The first-order chi connectivity index (χ1) is 5.29. The maximum atomic E-state index is 11.0. The molecule has 0 aliphatic heterocycles. The van der Waals surface area contributed by atoms with Crippen LogP contribution >= 0.6 is 15.9 Å². The van der Waals surface area contributed by atoms with Crippen LogP contribution in [0.15, 0.2) is 0 Å². The van der Waals surface area contributed by atoms with Crippen molar-refractivity contribution in [3.8, 4) is 10.8 Å². The van der Waals surface area contributed by atoms with Gasteiger partial charge in [0.15, 0.2) is 0 Å². The lowest BCUT2D eigenvalue weighted by Crippen LogP contribution is -2.06. The van der Waals surface area contributed by atoms with Crippen LogP contribution in [-0.4, -0.2) is 12.6 Å². The van der Waals surface area contributed by atoms with Crippen LogP contribution in [0.3, 0.4) is 0 Å². The average Bonchev–Trinajstić information content (AvgIpc) is 2.69. The highest BCUT2D eigenvalue weighted by Crippen LogP contribution is 2.38. The summed E-state index contributed by atoms with van der Waals surface area (Å²) in [4.78, 5) is 13.6. The Morgan fingerprint density at radius 3 is 3.09 bits per heavy atom. The van der Waals surface area contributed by atoms with E-state index < -0.39 is 0 Å². The van der Waals surface area contributed by atoms with Gasteiger partial charge in [0.1, 0.15) is 0 Å². The number of hydrogen-bond donors (Lipinski definition) is 0. The zero-order chi connectivity index (χ0) is 8.27. The molecule has 0 N–H and O–H groups in total. The second-order valence-electron chi connectivity index (χ2n) is 2.44. The van der Waals surface area contributed by atoms with E-state index in [0.717, 1.165) is 6.42 Å². The van der Waals surface area contributed by atoms with E-state index in [2.05, 4.69) is 26.7 Å². The summed E-state index contributed by atoms with van der Waals surface area (Å²) < 4.78 is 4.82. The van der Waals surface area contributed by atoms with Crippen LogP contribution in [0.4, 0.5) is 0 Å². The third kappa shape index (κ3) is 2.23. The zero-order valence-corrected chi connectivity index (χ0v) is 7.85. The molecule has 1 aliphatic carbocycles. The molecule has 1 fully saturated rings. The maximum Gasteiger partial charge on any atom is 0.310 e. The van der Waals surface area contributed by atoms with Gasteiger partial charge in [0.05, 0.1) is 12.5 Å². The predicted molar refractivity (Wildman–Crippen MR) is 44.9 cm³/mol. The van der Waals surface area contributed by atoms with E-state index in [1.165, 1.54) is 0 Å². The Bertz CT molecular complexity index is 214. The number of carbonyl (C=O) groups excluding carboxylic acids is 1. The van der Waals surface area contributed by atoms with E-state index in [1.807, 2.05) is 6.92 Å². The third-order valence-corrected chi connectivity index (χ3v) is 1.85. The van der Waals surface area contributed by atoms with Gasteiger partial charge in [-0.1, -0.05) is 5.92 Å². The molecule has 1 aliphatic rings. The lowest BCUT2D eigenvalue weighted by molar-refractivity contribution is -0.144. The first-order valence-corrected chi connectivity index (χ1v) is 4.36. The van der Waals surface area contributed by atoms with Gasteiger partial charge in [-0.05, 0) is 18.2 Å². The fourth-order valence-electron chi connectivity index (χ4n) is 0.934. The molecule has 3 heteroatoms. The molecule has 0 aromatic rings. The second kappa shape index (κ2) is 3.77. The van der Waals surface area contributed by atoms with Crippen molar-refractivity contribution in [2.45, 2.75) is 13.3 Å². The molecule has 0 radical (unpaired) electrons. The van der Waals surface area contributed by atoms with Crippen LogP contribution in [0.1, 0.15) is 13.3 Å². The number of esters is 1. The molecule has 0 bridgehead atoms. The van der Waals surface area contributed by atoms with Gasteiger partial charge in [-0.3, -0.25) is 4.79 Å². The van der Waals surface area contributed by atoms with Gasteiger partial charge in [-0.2, -0.15) is 0 Å². The van der Waals surface area contributed by atoms with Crippen LogP contribution in [-0.2, 0) is 9.53 Å². The predicted octanol–water partition coefficient (Wildman–Crippen LogP) is 1.54. The number of carbonyl (C=O) groups is 1. The van der Waals surface area contributed by atoms with Crippen molar-refractivity contribution in [2.24, 2.45) is 11.8 Å². The zero-order valence-electron chi connectivity index (χ0n) is 6.26. The molecule has 0 saturated heterocycles. The monoisotopic (exact) mass is 216 g/mol. The molecular weight excluding hydrogens is 208 g/mol. The van der Waals surface area contributed by atoms with E-state index in [4.69, 9.17) is 4.74 Å². The first-order valence-electron chi connectivity index (χ1n) is 3.57. The maximum absolute atomic E-state index is 11.0. The molecule has 2 atom stereocenters. The molecule has 0 aromatic carbocycles. The van der Waals surface area contributed by atoms with E-state index in [-0.39, 0.29) is 17.8 Å². The van der Waals surface area contributed by atoms with E-state index in [0.29, 0.717) is 6.61 Å². The smallest absolute Gasteiger partial charge is 0.310 e. The van der Waals surface area contributed by atoms with Crippen molar-refractivity contribution in [3.63, 3.8) is 0 Å². The highest BCUT2D eigenvalue weighted by molar-refractivity contribution is 9.12. The number of rotatable bonds is 2. The summed E-state index contributed by atoms with van der Waals surface area (Å²) in [6, 6.07) is 0.